The summed E-state index contributed by atoms with van der Waals surface area (Å²) in [6.07, 6.45) is 7.29. The van der Waals surface area contributed by atoms with E-state index in [-0.39, 0.29) is 11.9 Å². The Morgan fingerprint density at radius 2 is 1.65 bits per heavy atom. The second-order valence-electron chi connectivity index (χ2n) is 5.55. The van der Waals surface area contributed by atoms with Crippen LogP contribution in [0.4, 0.5) is 5.69 Å². The molecular formula is C17H20N2O4. The highest BCUT2D eigenvalue weighted by atomic mass is 16.4. The van der Waals surface area contributed by atoms with E-state index in [1.807, 2.05) is 0 Å². The smallest absolute Gasteiger partial charge is 0.328 e. The van der Waals surface area contributed by atoms with Crippen LogP contribution in [0.15, 0.2) is 36.4 Å². The molecule has 1 fully saturated rings. The second kappa shape index (κ2) is 8.12. The third-order valence-electron chi connectivity index (χ3n) is 3.73. The molecule has 0 aliphatic heterocycles. The van der Waals surface area contributed by atoms with Gasteiger partial charge in [-0.25, -0.2) is 4.79 Å². The summed E-state index contributed by atoms with van der Waals surface area (Å²) in [7, 11) is 0. The summed E-state index contributed by atoms with van der Waals surface area (Å²) in [4.78, 5) is 33.9. The number of anilines is 1. The number of nitrogens with one attached hydrogen (secondary N) is 2. The largest absolute Gasteiger partial charge is 0.478 e. The summed E-state index contributed by atoms with van der Waals surface area (Å²) in [6.45, 7) is 0. The lowest BCUT2D eigenvalue weighted by atomic mass is 9.95. The molecule has 1 saturated carbocycles. The molecule has 3 N–H and O–H groups in total. The average molecular weight is 316 g/mol. The Morgan fingerprint density at radius 3 is 2.26 bits per heavy atom. The summed E-state index contributed by atoms with van der Waals surface area (Å²) in [6, 6.07) is 6.74. The predicted octanol–water partition coefficient (Wildman–Crippen LogP) is 2.33. The number of carbonyl (C=O) groups is 3. The standard InChI is InChI=1S/C17H20N2O4/c20-15(10-11-16(21)22)18-14-8-6-12(7-9-14)17(23)19-13-4-2-1-3-5-13/h6-11,13H,1-5H2,(H,18,20)(H,19,23)(H,21,22)/b11-10+. The van der Waals surface area contributed by atoms with Gasteiger partial charge in [-0.05, 0) is 37.1 Å². The van der Waals surface area contributed by atoms with Crippen LogP contribution in [-0.2, 0) is 9.59 Å². The van der Waals surface area contributed by atoms with E-state index in [1.165, 1.54) is 6.42 Å². The Balaban J connectivity index is 1.89. The van der Waals surface area contributed by atoms with Crippen molar-refractivity contribution in [2.75, 3.05) is 5.32 Å². The van der Waals surface area contributed by atoms with Crippen molar-refractivity contribution in [3.63, 3.8) is 0 Å². The quantitative estimate of drug-likeness (QED) is 0.726. The fourth-order valence-corrected chi connectivity index (χ4v) is 2.55. The molecule has 2 amide bonds. The molecule has 1 aliphatic rings. The van der Waals surface area contributed by atoms with E-state index in [1.54, 1.807) is 24.3 Å². The second-order valence-corrected chi connectivity index (χ2v) is 5.55. The van der Waals surface area contributed by atoms with Crippen molar-refractivity contribution in [3.05, 3.63) is 42.0 Å². The molecule has 1 aromatic carbocycles. The van der Waals surface area contributed by atoms with Gasteiger partial charge in [0, 0.05) is 29.4 Å². The lowest BCUT2D eigenvalue weighted by Crippen LogP contribution is -2.36. The molecule has 0 heterocycles. The zero-order valence-electron chi connectivity index (χ0n) is 12.7. The predicted molar refractivity (Wildman–Crippen MR) is 86.2 cm³/mol. The monoisotopic (exact) mass is 316 g/mol. The first-order valence-corrected chi connectivity index (χ1v) is 7.67. The SMILES string of the molecule is O=C(O)/C=C/C(=O)Nc1ccc(C(=O)NC2CCCCC2)cc1. The van der Waals surface area contributed by atoms with Crippen LogP contribution in [0.5, 0.6) is 0 Å². The first kappa shape index (κ1) is 16.7. The van der Waals surface area contributed by atoms with Gasteiger partial charge in [0.25, 0.3) is 5.91 Å². The minimum atomic E-state index is -1.19. The molecule has 0 radical (unpaired) electrons. The minimum absolute atomic E-state index is 0.111. The highest BCUT2D eigenvalue weighted by Gasteiger charge is 2.16. The summed E-state index contributed by atoms with van der Waals surface area (Å²) >= 11 is 0. The first-order valence-electron chi connectivity index (χ1n) is 7.67. The molecule has 6 nitrogen and oxygen atoms in total. The van der Waals surface area contributed by atoms with Gasteiger partial charge < -0.3 is 15.7 Å². The average Bonchev–Trinajstić information content (AvgIpc) is 2.54. The van der Waals surface area contributed by atoms with E-state index < -0.39 is 11.9 Å². The lowest BCUT2D eigenvalue weighted by Gasteiger charge is -2.22. The summed E-state index contributed by atoms with van der Waals surface area (Å²) < 4.78 is 0. The van der Waals surface area contributed by atoms with Gasteiger partial charge in [-0.3, -0.25) is 9.59 Å². The number of rotatable bonds is 5. The highest BCUT2D eigenvalue weighted by molar-refractivity contribution is 6.02. The third-order valence-corrected chi connectivity index (χ3v) is 3.73. The highest BCUT2D eigenvalue weighted by Crippen LogP contribution is 2.18. The molecule has 0 spiro atoms. The number of carboxylic acids is 1. The molecule has 6 heteroatoms. The Morgan fingerprint density at radius 1 is 1.00 bits per heavy atom. The van der Waals surface area contributed by atoms with Crippen molar-refractivity contribution >= 4 is 23.5 Å². The summed E-state index contributed by atoms with van der Waals surface area (Å²) in [5.41, 5.74) is 1.04. The molecule has 0 atom stereocenters. The maximum absolute atomic E-state index is 12.1. The van der Waals surface area contributed by atoms with Crippen LogP contribution in [0.25, 0.3) is 0 Å². The van der Waals surface area contributed by atoms with Gasteiger partial charge in [0.05, 0.1) is 0 Å². The van der Waals surface area contributed by atoms with Crippen LogP contribution in [0.2, 0.25) is 0 Å². The molecule has 2 rings (SSSR count). The van der Waals surface area contributed by atoms with Crippen LogP contribution in [0, 0.1) is 0 Å². The van der Waals surface area contributed by atoms with Crippen LogP contribution >= 0.6 is 0 Å². The minimum Gasteiger partial charge on any atom is -0.478 e. The van der Waals surface area contributed by atoms with Crippen LogP contribution in [0.1, 0.15) is 42.5 Å². The zero-order chi connectivity index (χ0) is 16.7. The molecule has 1 aromatic rings. The first-order chi connectivity index (χ1) is 11.0. The summed E-state index contributed by atoms with van der Waals surface area (Å²) in [5.74, 6) is -1.83. The van der Waals surface area contributed by atoms with E-state index in [4.69, 9.17) is 5.11 Å². The molecule has 0 bridgehead atoms. The Labute approximate surface area is 134 Å². The Kier molecular flexibility index (Phi) is 5.91. The summed E-state index contributed by atoms with van der Waals surface area (Å²) in [5, 5.41) is 14.0. The third kappa shape index (κ3) is 5.58. The topological polar surface area (TPSA) is 95.5 Å². The zero-order valence-corrected chi connectivity index (χ0v) is 12.7. The van der Waals surface area contributed by atoms with Crippen molar-refractivity contribution in [2.45, 2.75) is 38.1 Å². The van der Waals surface area contributed by atoms with E-state index in [2.05, 4.69) is 10.6 Å². The van der Waals surface area contributed by atoms with Gasteiger partial charge in [0.15, 0.2) is 0 Å². The Bertz CT molecular complexity index is 602. The normalized spacial score (nSPS) is 15.3. The van der Waals surface area contributed by atoms with E-state index in [9.17, 15) is 14.4 Å². The number of carbonyl (C=O) groups excluding carboxylic acids is 2. The van der Waals surface area contributed by atoms with Gasteiger partial charge in [-0.2, -0.15) is 0 Å². The maximum Gasteiger partial charge on any atom is 0.328 e. The van der Waals surface area contributed by atoms with Crippen molar-refractivity contribution in [1.29, 1.82) is 0 Å². The molecule has 23 heavy (non-hydrogen) atoms. The van der Waals surface area contributed by atoms with Crippen molar-refractivity contribution < 1.29 is 19.5 Å². The number of aliphatic carboxylic acids is 1. The van der Waals surface area contributed by atoms with Crippen LogP contribution in [0.3, 0.4) is 0 Å². The van der Waals surface area contributed by atoms with Gasteiger partial charge in [-0.1, -0.05) is 19.3 Å². The maximum atomic E-state index is 12.1. The fraction of sp³-hybridized carbons (Fsp3) is 0.353. The number of amides is 2. The van der Waals surface area contributed by atoms with E-state index in [0.29, 0.717) is 11.3 Å². The van der Waals surface area contributed by atoms with Crippen LogP contribution < -0.4 is 10.6 Å². The molecule has 122 valence electrons. The number of carboxylic acid groups (broad SMARTS) is 1. The molecule has 0 unspecified atom stereocenters. The number of hydrogen-bond acceptors (Lipinski definition) is 3. The number of benzene rings is 1. The van der Waals surface area contributed by atoms with Gasteiger partial charge in [0.1, 0.15) is 0 Å². The number of hydrogen-bond donors (Lipinski definition) is 3. The molecule has 0 aromatic heterocycles. The lowest BCUT2D eigenvalue weighted by molar-refractivity contribution is -0.131. The van der Waals surface area contributed by atoms with Crippen molar-refractivity contribution in [2.24, 2.45) is 0 Å². The van der Waals surface area contributed by atoms with E-state index in [0.717, 1.165) is 37.8 Å². The fourth-order valence-electron chi connectivity index (χ4n) is 2.55. The van der Waals surface area contributed by atoms with Gasteiger partial charge in [0.2, 0.25) is 5.91 Å². The van der Waals surface area contributed by atoms with Crippen molar-refractivity contribution in [1.82, 2.24) is 5.32 Å². The van der Waals surface area contributed by atoms with Crippen molar-refractivity contribution in [3.8, 4) is 0 Å². The molecular weight excluding hydrogens is 296 g/mol. The van der Waals surface area contributed by atoms with Crippen LogP contribution in [-0.4, -0.2) is 28.9 Å². The van der Waals surface area contributed by atoms with Gasteiger partial charge in [-0.15, -0.1) is 0 Å². The Hall–Kier alpha value is -2.63. The molecule has 1 aliphatic carbocycles. The molecule has 0 saturated heterocycles. The van der Waals surface area contributed by atoms with E-state index >= 15 is 0 Å². The van der Waals surface area contributed by atoms with Gasteiger partial charge >= 0.3 is 5.97 Å².